The number of aliphatic carboxylic acids is 1. The second-order valence-corrected chi connectivity index (χ2v) is 4.37. The molecule has 0 saturated heterocycles. The summed E-state index contributed by atoms with van der Waals surface area (Å²) >= 11 is 0. The molecule has 0 fully saturated rings. The molecule has 1 aromatic heterocycles. The lowest BCUT2D eigenvalue weighted by Gasteiger charge is -2.09. The average molecular weight is 250 g/mol. The van der Waals surface area contributed by atoms with Gasteiger partial charge < -0.3 is 10.4 Å². The van der Waals surface area contributed by atoms with Crippen molar-refractivity contribution in [3.63, 3.8) is 0 Å². The molecule has 0 aliphatic rings. The van der Waals surface area contributed by atoms with Gasteiger partial charge in [-0.05, 0) is 32.4 Å². The van der Waals surface area contributed by atoms with Gasteiger partial charge in [0.15, 0.2) is 0 Å². The highest BCUT2D eigenvalue weighted by Crippen LogP contribution is 2.06. The summed E-state index contributed by atoms with van der Waals surface area (Å²) in [6, 6.07) is 3.51. The van der Waals surface area contributed by atoms with Gasteiger partial charge in [-0.3, -0.25) is 14.6 Å². The molecule has 1 atom stereocenters. The number of nitrogens with zero attached hydrogens (tertiary/aromatic N) is 1. The topological polar surface area (TPSA) is 79.3 Å². The van der Waals surface area contributed by atoms with Crippen LogP contribution in [0.1, 0.15) is 35.1 Å². The van der Waals surface area contributed by atoms with Crippen LogP contribution in [0.4, 0.5) is 0 Å². The van der Waals surface area contributed by atoms with Gasteiger partial charge in [0.2, 0.25) is 0 Å². The van der Waals surface area contributed by atoms with Crippen molar-refractivity contribution in [1.82, 2.24) is 10.3 Å². The third-order valence-electron chi connectivity index (χ3n) is 2.75. The Bertz CT molecular complexity index is 458. The van der Waals surface area contributed by atoms with Gasteiger partial charge >= 0.3 is 5.97 Å². The Labute approximate surface area is 106 Å². The van der Waals surface area contributed by atoms with Gasteiger partial charge in [-0.15, -0.1) is 0 Å². The fourth-order valence-electron chi connectivity index (χ4n) is 1.55. The summed E-state index contributed by atoms with van der Waals surface area (Å²) in [5, 5.41) is 11.4. The lowest BCUT2D eigenvalue weighted by molar-refractivity contribution is -0.141. The smallest absolute Gasteiger partial charge is 0.306 e. The van der Waals surface area contributed by atoms with Crippen molar-refractivity contribution in [3.8, 4) is 0 Å². The van der Waals surface area contributed by atoms with Crippen molar-refractivity contribution in [2.75, 3.05) is 6.54 Å². The summed E-state index contributed by atoms with van der Waals surface area (Å²) < 4.78 is 0. The highest BCUT2D eigenvalue weighted by Gasteiger charge is 2.13. The Balaban J connectivity index is 2.53. The van der Waals surface area contributed by atoms with Crippen LogP contribution in [-0.4, -0.2) is 28.5 Å². The van der Waals surface area contributed by atoms with E-state index in [4.69, 9.17) is 5.11 Å². The molecule has 1 rings (SSSR count). The quantitative estimate of drug-likeness (QED) is 0.830. The highest BCUT2D eigenvalue weighted by molar-refractivity contribution is 5.95. The van der Waals surface area contributed by atoms with E-state index in [9.17, 15) is 9.59 Å². The number of pyridine rings is 1. The van der Waals surface area contributed by atoms with Crippen LogP contribution < -0.4 is 5.32 Å². The molecule has 0 aromatic carbocycles. The van der Waals surface area contributed by atoms with E-state index in [2.05, 4.69) is 10.3 Å². The van der Waals surface area contributed by atoms with Gasteiger partial charge in [-0.1, -0.05) is 6.92 Å². The van der Waals surface area contributed by atoms with Crippen molar-refractivity contribution in [2.45, 2.75) is 27.2 Å². The first-order valence-electron chi connectivity index (χ1n) is 5.87. The van der Waals surface area contributed by atoms with Crippen LogP contribution in [0.15, 0.2) is 12.1 Å². The normalized spacial score (nSPS) is 11.9. The van der Waals surface area contributed by atoms with Crippen LogP contribution >= 0.6 is 0 Å². The van der Waals surface area contributed by atoms with Gasteiger partial charge in [-0.25, -0.2) is 0 Å². The number of carboxylic acid groups (broad SMARTS) is 1. The van der Waals surface area contributed by atoms with E-state index in [-0.39, 0.29) is 5.91 Å². The predicted molar refractivity (Wildman–Crippen MR) is 67.5 cm³/mol. The number of nitrogens with one attached hydrogen (secondary N) is 1. The molecule has 1 heterocycles. The number of aryl methyl sites for hydroxylation is 2. The Morgan fingerprint density at radius 2 is 2.06 bits per heavy atom. The third-order valence-corrected chi connectivity index (χ3v) is 2.75. The van der Waals surface area contributed by atoms with Crippen LogP contribution in [-0.2, 0) is 4.79 Å². The molecule has 18 heavy (non-hydrogen) atoms. The maximum Gasteiger partial charge on any atom is 0.306 e. The lowest BCUT2D eigenvalue weighted by Crippen LogP contribution is -2.27. The van der Waals surface area contributed by atoms with Gasteiger partial charge in [0.25, 0.3) is 5.91 Å². The van der Waals surface area contributed by atoms with E-state index in [0.29, 0.717) is 24.2 Å². The zero-order valence-corrected chi connectivity index (χ0v) is 10.9. The standard InChI is InChI=1S/C13H18N2O3/c1-8(13(17)18)6-7-14-12(16)11-5-4-9(2)15-10(11)3/h4-5,8H,6-7H2,1-3H3,(H,14,16)(H,17,18). The monoisotopic (exact) mass is 250 g/mol. The first kappa shape index (κ1) is 14.2. The van der Waals surface area contributed by atoms with Gasteiger partial charge in [0.05, 0.1) is 17.2 Å². The minimum Gasteiger partial charge on any atom is -0.481 e. The van der Waals surface area contributed by atoms with Crippen molar-refractivity contribution in [2.24, 2.45) is 5.92 Å². The Kier molecular flexibility index (Phi) is 4.83. The number of hydrogen-bond donors (Lipinski definition) is 2. The SMILES string of the molecule is Cc1ccc(C(=O)NCCC(C)C(=O)O)c(C)n1. The molecule has 1 amide bonds. The number of rotatable bonds is 5. The van der Waals surface area contributed by atoms with Crippen molar-refractivity contribution >= 4 is 11.9 Å². The number of carbonyl (C=O) groups is 2. The van der Waals surface area contributed by atoms with Crippen LogP contribution in [0, 0.1) is 19.8 Å². The lowest BCUT2D eigenvalue weighted by atomic mass is 10.1. The number of aromatic nitrogens is 1. The molecule has 0 spiro atoms. The second-order valence-electron chi connectivity index (χ2n) is 4.37. The summed E-state index contributed by atoms with van der Waals surface area (Å²) in [4.78, 5) is 26.7. The van der Waals surface area contributed by atoms with E-state index in [1.54, 1.807) is 26.0 Å². The highest BCUT2D eigenvalue weighted by atomic mass is 16.4. The molecule has 1 unspecified atom stereocenters. The van der Waals surface area contributed by atoms with Crippen LogP contribution in [0.2, 0.25) is 0 Å². The molecular formula is C13H18N2O3. The Hall–Kier alpha value is -1.91. The first-order chi connectivity index (χ1) is 8.41. The third kappa shape index (κ3) is 3.84. The Morgan fingerprint density at radius 1 is 1.39 bits per heavy atom. The summed E-state index contributed by atoms with van der Waals surface area (Å²) in [5.74, 6) is -1.52. The molecule has 0 aliphatic carbocycles. The minimum atomic E-state index is -0.850. The van der Waals surface area contributed by atoms with Crippen molar-refractivity contribution in [3.05, 3.63) is 29.1 Å². The van der Waals surface area contributed by atoms with Crippen LogP contribution in [0.25, 0.3) is 0 Å². The molecule has 2 N–H and O–H groups in total. The number of amides is 1. The number of carbonyl (C=O) groups excluding carboxylic acids is 1. The molecular weight excluding hydrogens is 232 g/mol. The molecule has 0 bridgehead atoms. The molecule has 0 aliphatic heterocycles. The minimum absolute atomic E-state index is 0.211. The average Bonchev–Trinajstić information content (AvgIpc) is 2.28. The molecule has 98 valence electrons. The molecule has 5 nitrogen and oxygen atoms in total. The number of carboxylic acids is 1. The maximum atomic E-state index is 11.8. The largest absolute Gasteiger partial charge is 0.481 e. The summed E-state index contributed by atoms with van der Waals surface area (Å²) in [6.45, 7) is 5.61. The summed E-state index contributed by atoms with van der Waals surface area (Å²) in [7, 11) is 0. The van der Waals surface area contributed by atoms with Gasteiger partial charge in [-0.2, -0.15) is 0 Å². The van der Waals surface area contributed by atoms with E-state index >= 15 is 0 Å². The van der Waals surface area contributed by atoms with E-state index < -0.39 is 11.9 Å². The summed E-state index contributed by atoms with van der Waals surface area (Å²) in [5.41, 5.74) is 2.07. The number of hydrogen-bond acceptors (Lipinski definition) is 3. The zero-order valence-electron chi connectivity index (χ0n) is 10.9. The van der Waals surface area contributed by atoms with E-state index in [1.807, 2.05) is 6.92 Å². The fraction of sp³-hybridized carbons (Fsp3) is 0.462. The second kappa shape index (κ2) is 6.14. The molecule has 5 heteroatoms. The van der Waals surface area contributed by atoms with Crippen LogP contribution in [0.3, 0.4) is 0 Å². The maximum absolute atomic E-state index is 11.8. The van der Waals surface area contributed by atoms with Crippen molar-refractivity contribution < 1.29 is 14.7 Å². The molecule has 0 radical (unpaired) electrons. The van der Waals surface area contributed by atoms with Gasteiger partial charge in [0, 0.05) is 12.2 Å². The Morgan fingerprint density at radius 3 is 2.61 bits per heavy atom. The first-order valence-corrected chi connectivity index (χ1v) is 5.87. The zero-order chi connectivity index (χ0) is 13.7. The fourth-order valence-corrected chi connectivity index (χ4v) is 1.55. The van der Waals surface area contributed by atoms with Crippen molar-refractivity contribution in [1.29, 1.82) is 0 Å². The predicted octanol–water partition coefficient (Wildman–Crippen LogP) is 1.54. The molecule has 1 aromatic rings. The van der Waals surface area contributed by atoms with Gasteiger partial charge in [0.1, 0.15) is 0 Å². The van der Waals surface area contributed by atoms with E-state index in [1.165, 1.54) is 0 Å². The molecule has 0 saturated carbocycles. The summed E-state index contributed by atoms with van der Waals surface area (Å²) in [6.07, 6.45) is 0.416. The van der Waals surface area contributed by atoms with E-state index in [0.717, 1.165) is 5.69 Å². The van der Waals surface area contributed by atoms with Crippen LogP contribution in [0.5, 0.6) is 0 Å².